The largest absolute Gasteiger partial charge is 0.504 e. The highest BCUT2D eigenvalue weighted by atomic mass is 16.3. The standard InChI is InChI=1S/C22H26N4O5/c1-6-13(15-9-12(10-31-15)11(2)3)24-16-17(21(29)20(16)28)25-14-7-8-23-18(19(14)27)22(30)26(4)5/h7-11,13,24,27H,6H2,1-5H3,(H,23,25)/t13-/m1/s1. The van der Waals surface area contributed by atoms with E-state index in [0.29, 0.717) is 18.1 Å². The van der Waals surface area contributed by atoms with Gasteiger partial charge in [-0.15, -0.1) is 0 Å². The maximum atomic E-state index is 12.2. The average molecular weight is 426 g/mol. The first kappa shape index (κ1) is 22.1. The minimum Gasteiger partial charge on any atom is -0.504 e. The van der Waals surface area contributed by atoms with Crippen LogP contribution in [0.4, 0.5) is 17.1 Å². The van der Waals surface area contributed by atoms with Gasteiger partial charge in [-0.3, -0.25) is 14.4 Å². The maximum Gasteiger partial charge on any atom is 0.275 e. The smallest absolute Gasteiger partial charge is 0.275 e. The average Bonchev–Trinajstić information content (AvgIpc) is 3.23. The van der Waals surface area contributed by atoms with Gasteiger partial charge in [-0.1, -0.05) is 20.8 Å². The van der Waals surface area contributed by atoms with E-state index in [9.17, 15) is 19.5 Å². The van der Waals surface area contributed by atoms with Crippen LogP contribution < -0.4 is 21.5 Å². The third-order valence-electron chi connectivity index (χ3n) is 5.08. The fraction of sp³-hybridized carbons (Fsp3) is 0.364. The van der Waals surface area contributed by atoms with Crippen LogP contribution in [0.15, 0.2) is 38.6 Å². The molecular weight excluding hydrogens is 400 g/mol. The summed E-state index contributed by atoms with van der Waals surface area (Å²) in [5.41, 5.74) is -0.265. The Bertz CT molecular complexity index is 1170. The molecule has 1 amide bonds. The van der Waals surface area contributed by atoms with Gasteiger partial charge in [-0.2, -0.15) is 0 Å². The van der Waals surface area contributed by atoms with Gasteiger partial charge < -0.3 is 25.1 Å². The number of nitrogens with one attached hydrogen (secondary N) is 2. The maximum absolute atomic E-state index is 12.2. The molecule has 1 atom stereocenters. The van der Waals surface area contributed by atoms with Crippen LogP contribution >= 0.6 is 0 Å². The SMILES string of the molecule is CC[C@@H](Nc1c(Nc2ccnc(C(=O)N(C)C)c2O)c(=O)c1=O)c1cc(C(C)C)co1. The molecule has 0 radical (unpaired) electrons. The number of hydrogen-bond donors (Lipinski definition) is 3. The van der Waals surface area contributed by atoms with Crippen LogP contribution in [0.1, 0.15) is 61.0 Å². The first-order valence-electron chi connectivity index (χ1n) is 10.00. The number of hydrogen-bond acceptors (Lipinski definition) is 8. The van der Waals surface area contributed by atoms with Crippen molar-refractivity contribution in [3.63, 3.8) is 0 Å². The Kier molecular flexibility index (Phi) is 6.14. The lowest BCUT2D eigenvalue weighted by molar-refractivity contribution is 0.0819. The number of nitrogens with zero attached hydrogens (tertiary/aromatic N) is 2. The van der Waals surface area contributed by atoms with Gasteiger partial charge >= 0.3 is 0 Å². The number of furan rings is 1. The van der Waals surface area contributed by atoms with Crippen molar-refractivity contribution in [1.82, 2.24) is 9.88 Å². The highest BCUT2D eigenvalue weighted by Crippen LogP contribution is 2.33. The monoisotopic (exact) mass is 426 g/mol. The predicted molar refractivity (Wildman–Crippen MR) is 118 cm³/mol. The first-order valence-corrected chi connectivity index (χ1v) is 10.00. The molecule has 0 unspecified atom stereocenters. The summed E-state index contributed by atoms with van der Waals surface area (Å²) in [5.74, 6) is 0.0667. The minimum absolute atomic E-state index is 0.0174. The van der Waals surface area contributed by atoms with Crippen molar-refractivity contribution >= 4 is 23.0 Å². The van der Waals surface area contributed by atoms with Crippen LogP contribution in [0.2, 0.25) is 0 Å². The van der Waals surface area contributed by atoms with E-state index in [0.717, 1.165) is 5.56 Å². The van der Waals surface area contributed by atoms with E-state index in [4.69, 9.17) is 4.42 Å². The lowest BCUT2D eigenvalue weighted by Crippen LogP contribution is -2.37. The van der Waals surface area contributed by atoms with Gasteiger partial charge in [0.15, 0.2) is 11.4 Å². The molecule has 0 aliphatic rings. The number of carbonyl (C=O) groups is 1. The van der Waals surface area contributed by atoms with Crippen molar-refractivity contribution in [2.24, 2.45) is 0 Å². The van der Waals surface area contributed by atoms with Gasteiger partial charge in [0, 0.05) is 20.3 Å². The lowest BCUT2D eigenvalue weighted by Gasteiger charge is -2.21. The summed E-state index contributed by atoms with van der Waals surface area (Å²) < 4.78 is 5.66. The van der Waals surface area contributed by atoms with Crippen LogP contribution in [-0.4, -0.2) is 35.0 Å². The Balaban J connectivity index is 1.88. The molecular formula is C22H26N4O5. The molecule has 9 heteroatoms. The van der Waals surface area contributed by atoms with Gasteiger partial charge in [0.05, 0.1) is 18.0 Å². The molecule has 3 aromatic rings. The summed E-state index contributed by atoms with van der Waals surface area (Å²) in [5, 5.41) is 16.3. The zero-order valence-corrected chi connectivity index (χ0v) is 18.1. The Morgan fingerprint density at radius 2 is 1.90 bits per heavy atom. The second-order valence-electron chi connectivity index (χ2n) is 7.83. The number of pyridine rings is 1. The fourth-order valence-corrected chi connectivity index (χ4v) is 3.11. The molecule has 3 rings (SSSR count). The van der Waals surface area contributed by atoms with Crippen molar-refractivity contribution in [1.29, 1.82) is 0 Å². The zero-order chi connectivity index (χ0) is 22.9. The number of amides is 1. The molecule has 2 aromatic heterocycles. The van der Waals surface area contributed by atoms with Gasteiger partial charge in [0.25, 0.3) is 16.8 Å². The molecule has 164 valence electrons. The van der Waals surface area contributed by atoms with Crippen LogP contribution in [0.5, 0.6) is 5.75 Å². The summed E-state index contributed by atoms with van der Waals surface area (Å²) in [6.45, 7) is 6.04. The predicted octanol–water partition coefficient (Wildman–Crippen LogP) is 3.11. The van der Waals surface area contributed by atoms with Gasteiger partial charge in [-0.25, -0.2) is 4.98 Å². The van der Waals surface area contributed by atoms with E-state index in [-0.39, 0.29) is 28.8 Å². The van der Waals surface area contributed by atoms with Crippen molar-refractivity contribution in [3.8, 4) is 5.75 Å². The number of aromatic hydroxyl groups is 1. The molecule has 0 aliphatic heterocycles. The van der Waals surface area contributed by atoms with Crippen LogP contribution in [0.25, 0.3) is 0 Å². The number of anilines is 3. The van der Waals surface area contributed by atoms with Crippen LogP contribution in [0, 0.1) is 0 Å². The molecule has 1 aromatic carbocycles. The zero-order valence-electron chi connectivity index (χ0n) is 18.1. The summed E-state index contributed by atoms with van der Waals surface area (Å²) in [7, 11) is 3.07. The topological polar surface area (TPSA) is 125 Å². The van der Waals surface area contributed by atoms with E-state index in [2.05, 4.69) is 29.5 Å². The van der Waals surface area contributed by atoms with E-state index in [1.807, 2.05) is 13.0 Å². The van der Waals surface area contributed by atoms with E-state index < -0.39 is 22.5 Å². The third kappa shape index (κ3) is 4.16. The number of aromatic nitrogens is 1. The molecule has 2 heterocycles. The third-order valence-corrected chi connectivity index (χ3v) is 5.08. The van der Waals surface area contributed by atoms with Crippen LogP contribution in [-0.2, 0) is 0 Å². The van der Waals surface area contributed by atoms with Crippen molar-refractivity contribution in [2.75, 3.05) is 24.7 Å². The second-order valence-corrected chi connectivity index (χ2v) is 7.83. The van der Waals surface area contributed by atoms with Crippen molar-refractivity contribution in [3.05, 3.63) is 62.1 Å². The molecule has 0 fully saturated rings. The molecule has 0 bridgehead atoms. The summed E-state index contributed by atoms with van der Waals surface area (Å²) >= 11 is 0. The van der Waals surface area contributed by atoms with E-state index in [1.165, 1.54) is 31.3 Å². The summed E-state index contributed by atoms with van der Waals surface area (Å²) in [6.07, 6.45) is 3.64. The molecule has 0 saturated heterocycles. The summed E-state index contributed by atoms with van der Waals surface area (Å²) in [4.78, 5) is 41.8. The molecule has 31 heavy (non-hydrogen) atoms. The van der Waals surface area contributed by atoms with Gasteiger partial charge in [-0.05, 0) is 30.0 Å². The fourth-order valence-electron chi connectivity index (χ4n) is 3.11. The minimum atomic E-state index is -0.712. The normalized spacial score (nSPS) is 12.2. The first-order chi connectivity index (χ1) is 14.6. The van der Waals surface area contributed by atoms with E-state index in [1.54, 1.807) is 6.26 Å². The Morgan fingerprint density at radius 1 is 1.23 bits per heavy atom. The quantitative estimate of drug-likeness (QED) is 0.469. The highest BCUT2D eigenvalue weighted by molar-refractivity contribution is 5.97. The highest BCUT2D eigenvalue weighted by Gasteiger charge is 2.27. The molecule has 3 N–H and O–H groups in total. The van der Waals surface area contributed by atoms with Crippen molar-refractivity contribution < 1.29 is 14.3 Å². The summed E-state index contributed by atoms with van der Waals surface area (Å²) in [6, 6.07) is 3.03. The second kappa shape index (κ2) is 8.63. The Hall–Kier alpha value is -3.62. The molecule has 9 nitrogen and oxygen atoms in total. The van der Waals surface area contributed by atoms with Crippen molar-refractivity contribution in [2.45, 2.75) is 39.2 Å². The number of carbonyl (C=O) groups excluding carboxylic acids is 1. The molecule has 0 aliphatic carbocycles. The lowest BCUT2D eigenvalue weighted by atomic mass is 10.0. The molecule has 0 spiro atoms. The molecule has 0 saturated carbocycles. The number of rotatable bonds is 8. The Labute approximate surface area is 179 Å². The van der Waals surface area contributed by atoms with Crippen LogP contribution in [0.3, 0.4) is 0 Å². The van der Waals surface area contributed by atoms with Gasteiger partial charge in [0.2, 0.25) is 0 Å². The van der Waals surface area contributed by atoms with E-state index >= 15 is 0 Å². The van der Waals surface area contributed by atoms with Gasteiger partial charge in [0.1, 0.15) is 17.1 Å². The Morgan fingerprint density at radius 3 is 2.48 bits per heavy atom.